The van der Waals surface area contributed by atoms with E-state index >= 15 is 0 Å². The standard InChI is InChI=1S/C28H48/c1-17-20(4)27(15)21(5)18(2)25(11,12)28(16,24(17,9)10)22(6)19(3)23(7,8)26(27,13)14/h1-16H3/b20-17-,21-18-,22-19-. The topological polar surface area (TPSA) is 0 Å². The van der Waals surface area contributed by atoms with Crippen LogP contribution >= 0.6 is 0 Å². The Bertz CT molecular complexity index is 761. The summed E-state index contributed by atoms with van der Waals surface area (Å²) >= 11 is 0. The van der Waals surface area contributed by atoms with Gasteiger partial charge in [0, 0.05) is 10.8 Å². The molecule has 0 nitrogen and oxygen atoms in total. The summed E-state index contributed by atoms with van der Waals surface area (Å²) in [5, 5.41) is 0. The van der Waals surface area contributed by atoms with Gasteiger partial charge in [0.15, 0.2) is 0 Å². The van der Waals surface area contributed by atoms with Gasteiger partial charge in [0.05, 0.1) is 0 Å². The molecule has 0 amide bonds. The maximum absolute atomic E-state index is 2.55. The summed E-state index contributed by atoms with van der Waals surface area (Å²) in [5.41, 5.74) is 9.80. The first-order valence-electron chi connectivity index (χ1n) is 11.2. The molecule has 3 rings (SSSR count). The normalized spacial score (nSPS) is 44.6. The molecule has 0 radical (unpaired) electrons. The molecule has 160 valence electrons. The third-order valence-electron chi connectivity index (χ3n) is 12.1. The van der Waals surface area contributed by atoms with Crippen LogP contribution in [0.5, 0.6) is 0 Å². The Hall–Kier alpha value is -0.780. The summed E-state index contributed by atoms with van der Waals surface area (Å²) in [6.07, 6.45) is 0. The van der Waals surface area contributed by atoms with E-state index in [2.05, 4.69) is 111 Å². The zero-order valence-corrected chi connectivity index (χ0v) is 22.0. The molecule has 0 atom stereocenters. The molecule has 0 heteroatoms. The average Bonchev–Trinajstić information content (AvgIpc) is 2.60. The Morgan fingerprint density at radius 3 is 0.964 bits per heavy atom. The molecule has 0 saturated carbocycles. The Morgan fingerprint density at radius 1 is 0.357 bits per heavy atom. The van der Waals surface area contributed by atoms with Crippen LogP contribution in [0.2, 0.25) is 0 Å². The van der Waals surface area contributed by atoms with Crippen LogP contribution in [0.3, 0.4) is 0 Å². The largest absolute Gasteiger partial charge is 0.0676 e. The van der Waals surface area contributed by atoms with Crippen molar-refractivity contribution in [1.29, 1.82) is 0 Å². The third-order valence-corrected chi connectivity index (χ3v) is 12.1. The molecule has 3 aliphatic carbocycles. The molecule has 0 fully saturated rings. The van der Waals surface area contributed by atoms with Crippen LogP contribution in [0.25, 0.3) is 0 Å². The molecule has 0 heterocycles. The summed E-state index contributed by atoms with van der Waals surface area (Å²) in [6.45, 7) is 39.7. The van der Waals surface area contributed by atoms with Crippen LogP contribution in [0, 0.1) is 32.5 Å². The zero-order valence-electron chi connectivity index (χ0n) is 22.0. The van der Waals surface area contributed by atoms with Crippen molar-refractivity contribution in [2.24, 2.45) is 32.5 Å². The van der Waals surface area contributed by atoms with Crippen LogP contribution in [-0.4, -0.2) is 0 Å². The molecular formula is C28H48. The molecular weight excluding hydrogens is 336 g/mol. The first-order chi connectivity index (χ1) is 12.2. The molecule has 2 bridgehead atoms. The first-order valence-corrected chi connectivity index (χ1v) is 11.2. The molecule has 0 aliphatic heterocycles. The van der Waals surface area contributed by atoms with Gasteiger partial charge in [-0.15, -0.1) is 0 Å². The second-order valence-corrected chi connectivity index (χ2v) is 12.5. The minimum atomic E-state index is 0.00637. The predicted octanol–water partition coefficient (Wildman–Crippen LogP) is 9.14. The van der Waals surface area contributed by atoms with E-state index < -0.39 is 0 Å². The second kappa shape index (κ2) is 5.89. The molecule has 28 heavy (non-hydrogen) atoms. The van der Waals surface area contributed by atoms with Crippen molar-refractivity contribution in [1.82, 2.24) is 0 Å². The summed E-state index contributed by atoms with van der Waals surface area (Å²) in [4.78, 5) is 0. The van der Waals surface area contributed by atoms with Crippen LogP contribution in [0.4, 0.5) is 0 Å². The smallest absolute Gasteiger partial charge is 0.0151 e. The molecule has 0 aromatic heterocycles. The lowest BCUT2D eigenvalue weighted by Crippen LogP contribution is -2.52. The van der Waals surface area contributed by atoms with Crippen molar-refractivity contribution in [3.63, 3.8) is 0 Å². The van der Waals surface area contributed by atoms with E-state index in [1.165, 1.54) is 0 Å². The predicted molar refractivity (Wildman–Crippen MR) is 126 cm³/mol. The Kier molecular flexibility index (Phi) is 4.94. The minimum Gasteiger partial charge on any atom is -0.0676 e. The molecule has 3 aliphatic rings. The van der Waals surface area contributed by atoms with Gasteiger partial charge in [-0.2, -0.15) is 0 Å². The average molecular weight is 385 g/mol. The van der Waals surface area contributed by atoms with E-state index in [9.17, 15) is 0 Å². The first kappa shape index (κ1) is 23.5. The number of hydrogen-bond acceptors (Lipinski definition) is 0. The van der Waals surface area contributed by atoms with Gasteiger partial charge in [-0.3, -0.25) is 0 Å². The summed E-state index contributed by atoms with van der Waals surface area (Å²) in [5.74, 6) is 0. The highest BCUT2D eigenvalue weighted by Gasteiger charge is 2.63. The lowest BCUT2D eigenvalue weighted by molar-refractivity contribution is 0.0315. The third kappa shape index (κ3) is 2.14. The Balaban J connectivity index is 3.40. The van der Waals surface area contributed by atoms with E-state index in [1.807, 2.05) is 0 Å². The maximum atomic E-state index is 2.55. The number of fused-ring (bicyclic) bond motifs is 4. The highest BCUT2D eigenvalue weighted by atomic mass is 14.7. The fourth-order valence-electron chi connectivity index (χ4n) is 7.31. The molecule has 0 N–H and O–H groups in total. The monoisotopic (exact) mass is 384 g/mol. The van der Waals surface area contributed by atoms with E-state index in [-0.39, 0.29) is 32.5 Å². The fraction of sp³-hybridized carbons (Fsp3) is 0.786. The van der Waals surface area contributed by atoms with Crippen molar-refractivity contribution in [3.05, 3.63) is 33.4 Å². The van der Waals surface area contributed by atoms with Gasteiger partial charge >= 0.3 is 0 Å². The summed E-state index contributed by atoms with van der Waals surface area (Å²) in [7, 11) is 0. The van der Waals surface area contributed by atoms with E-state index in [4.69, 9.17) is 0 Å². The highest BCUT2D eigenvalue weighted by molar-refractivity contribution is 5.49. The number of hydrogen-bond donors (Lipinski definition) is 0. The van der Waals surface area contributed by atoms with E-state index in [1.54, 1.807) is 33.4 Å². The Labute approximate surface area is 177 Å². The summed E-state index contributed by atoms with van der Waals surface area (Å²) in [6, 6.07) is 0. The van der Waals surface area contributed by atoms with Crippen molar-refractivity contribution in [3.8, 4) is 0 Å². The van der Waals surface area contributed by atoms with Crippen molar-refractivity contribution in [2.75, 3.05) is 0 Å². The lowest BCUT2D eigenvalue weighted by atomic mass is 9.43. The van der Waals surface area contributed by atoms with Gasteiger partial charge in [-0.1, -0.05) is 103 Å². The van der Waals surface area contributed by atoms with Crippen LogP contribution in [0.1, 0.15) is 111 Å². The van der Waals surface area contributed by atoms with Gasteiger partial charge in [0.1, 0.15) is 0 Å². The molecule has 0 aromatic rings. The Morgan fingerprint density at radius 2 is 0.643 bits per heavy atom. The van der Waals surface area contributed by atoms with Crippen molar-refractivity contribution >= 4 is 0 Å². The lowest BCUT2D eigenvalue weighted by Gasteiger charge is -2.60. The molecule has 0 spiro atoms. The van der Waals surface area contributed by atoms with Gasteiger partial charge < -0.3 is 0 Å². The van der Waals surface area contributed by atoms with Crippen LogP contribution in [0.15, 0.2) is 33.4 Å². The molecule has 0 unspecified atom stereocenters. The fourth-order valence-corrected chi connectivity index (χ4v) is 7.31. The zero-order chi connectivity index (χ0) is 22.5. The quantitative estimate of drug-likeness (QED) is 0.365. The molecule has 0 aromatic carbocycles. The van der Waals surface area contributed by atoms with Gasteiger partial charge in [0.25, 0.3) is 0 Å². The second-order valence-electron chi connectivity index (χ2n) is 12.5. The van der Waals surface area contributed by atoms with Crippen molar-refractivity contribution < 1.29 is 0 Å². The van der Waals surface area contributed by atoms with Crippen LogP contribution in [-0.2, 0) is 0 Å². The number of rotatable bonds is 0. The van der Waals surface area contributed by atoms with Gasteiger partial charge in [0.2, 0.25) is 0 Å². The summed E-state index contributed by atoms with van der Waals surface area (Å²) < 4.78 is 0. The van der Waals surface area contributed by atoms with Crippen LogP contribution < -0.4 is 0 Å². The highest BCUT2D eigenvalue weighted by Crippen LogP contribution is 2.72. The number of allylic oxidation sites excluding steroid dienone is 6. The maximum Gasteiger partial charge on any atom is 0.0151 e. The SMILES string of the molecule is C/C1=C(\C)C2(C)C(C)(C)/C(C)=C(/C)C(C)(/C(C)=C(/C)C2(C)C)C(C)(C)C1(C)C. The van der Waals surface area contributed by atoms with E-state index in [0.29, 0.717) is 0 Å². The van der Waals surface area contributed by atoms with Gasteiger partial charge in [-0.05, 0) is 63.2 Å². The molecule has 0 saturated heterocycles. The van der Waals surface area contributed by atoms with Crippen molar-refractivity contribution in [2.45, 2.75) is 111 Å². The van der Waals surface area contributed by atoms with E-state index in [0.717, 1.165) is 0 Å². The minimum absolute atomic E-state index is 0.00637. The van der Waals surface area contributed by atoms with Gasteiger partial charge in [-0.25, -0.2) is 0 Å².